The number of carbonyl (C=O) groups excluding carboxylic acids is 1. The van der Waals surface area contributed by atoms with Gasteiger partial charge in [0.25, 0.3) is 0 Å². The van der Waals surface area contributed by atoms with Gasteiger partial charge >= 0.3 is 6.36 Å². The first-order valence-corrected chi connectivity index (χ1v) is 6.40. The number of halogens is 4. The summed E-state index contributed by atoms with van der Waals surface area (Å²) in [4.78, 5) is 12.9. The van der Waals surface area contributed by atoms with Crippen LogP contribution in [-0.2, 0) is 4.79 Å². The molecule has 110 valence electrons. The number of nitrogens with zero attached hydrogens (tertiary/aromatic N) is 1. The van der Waals surface area contributed by atoms with E-state index >= 15 is 0 Å². The minimum absolute atomic E-state index is 0.0441. The van der Waals surface area contributed by atoms with Crippen LogP contribution >= 0.6 is 12.6 Å². The maximum absolute atomic E-state index is 13.7. The van der Waals surface area contributed by atoms with Crippen molar-refractivity contribution >= 4 is 24.2 Å². The Morgan fingerprint density at radius 1 is 1.40 bits per heavy atom. The number of alkyl halides is 3. The van der Waals surface area contributed by atoms with E-state index in [-0.39, 0.29) is 30.5 Å². The highest BCUT2D eigenvalue weighted by atomic mass is 32.1. The number of thiol groups is 1. The summed E-state index contributed by atoms with van der Waals surface area (Å²) in [5.41, 5.74) is -0.207. The van der Waals surface area contributed by atoms with Crippen molar-refractivity contribution in [2.75, 3.05) is 17.2 Å². The Bertz CT molecular complexity index is 521. The summed E-state index contributed by atoms with van der Waals surface area (Å²) in [7, 11) is 0. The topological polar surface area (TPSA) is 29.5 Å². The summed E-state index contributed by atoms with van der Waals surface area (Å²) in [6, 6.07) is 2.59. The highest BCUT2D eigenvalue weighted by Crippen LogP contribution is 2.32. The molecule has 0 saturated carbocycles. The first-order chi connectivity index (χ1) is 9.30. The lowest BCUT2D eigenvalue weighted by Gasteiger charge is -2.18. The first-order valence-electron chi connectivity index (χ1n) is 5.76. The molecule has 0 aliphatic carbocycles. The van der Waals surface area contributed by atoms with Crippen molar-refractivity contribution in [3.05, 3.63) is 24.0 Å². The molecule has 1 unspecified atom stereocenters. The number of hydrogen-bond acceptors (Lipinski definition) is 3. The Balaban J connectivity index is 2.27. The van der Waals surface area contributed by atoms with Crippen LogP contribution in [0, 0.1) is 11.7 Å². The molecule has 1 saturated heterocycles. The van der Waals surface area contributed by atoms with Crippen molar-refractivity contribution < 1.29 is 27.1 Å². The third-order valence-electron chi connectivity index (χ3n) is 2.91. The molecule has 0 bridgehead atoms. The standard InChI is InChI=1S/C12H11F4NO2S/c13-9-2-1-8(19-12(14,15)16)4-10(9)17-5-7(6-20)3-11(17)18/h1-2,4,7,20H,3,5-6H2. The van der Waals surface area contributed by atoms with Gasteiger partial charge in [0.2, 0.25) is 5.91 Å². The van der Waals surface area contributed by atoms with Gasteiger partial charge in [-0.3, -0.25) is 4.79 Å². The van der Waals surface area contributed by atoms with Crippen molar-refractivity contribution in [3.63, 3.8) is 0 Å². The second kappa shape index (κ2) is 5.51. The van der Waals surface area contributed by atoms with E-state index in [1.54, 1.807) is 0 Å². The minimum Gasteiger partial charge on any atom is -0.406 e. The van der Waals surface area contributed by atoms with Crippen LogP contribution in [0.15, 0.2) is 18.2 Å². The van der Waals surface area contributed by atoms with Crippen molar-refractivity contribution in [3.8, 4) is 5.75 Å². The summed E-state index contributed by atoms with van der Waals surface area (Å²) in [6.07, 6.45) is -4.66. The van der Waals surface area contributed by atoms with E-state index < -0.39 is 17.9 Å². The van der Waals surface area contributed by atoms with Crippen molar-refractivity contribution in [1.29, 1.82) is 0 Å². The van der Waals surface area contributed by atoms with Gasteiger partial charge < -0.3 is 9.64 Å². The van der Waals surface area contributed by atoms with Crippen LogP contribution in [0.5, 0.6) is 5.75 Å². The molecule has 1 aromatic rings. The highest BCUT2D eigenvalue weighted by molar-refractivity contribution is 7.80. The van der Waals surface area contributed by atoms with Crippen LogP contribution in [-0.4, -0.2) is 24.6 Å². The summed E-state index contributed by atoms with van der Waals surface area (Å²) in [5, 5.41) is 0. The zero-order valence-corrected chi connectivity index (χ0v) is 11.0. The van der Waals surface area contributed by atoms with Gasteiger partial charge in [0.1, 0.15) is 11.6 Å². The predicted molar refractivity (Wildman–Crippen MR) is 67.4 cm³/mol. The molecule has 1 atom stereocenters. The fraction of sp³-hybridized carbons (Fsp3) is 0.417. The molecule has 1 aromatic carbocycles. The minimum atomic E-state index is -4.86. The quantitative estimate of drug-likeness (QED) is 0.687. The van der Waals surface area contributed by atoms with Gasteiger partial charge in [-0.25, -0.2) is 4.39 Å². The van der Waals surface area contributed by atoms with Crippen molar-refractivity contribution in [1.82, 2.24) is 0 Å². The monoisotopic (exact) mass is 309 g/mol. The number of amides is 1. The van der Waals surface area contributed by atoms with Crippen LogP contribution in [0.3, 0.4) is 0 Å². The van der Waals surface area contributed by atoms with E-state index in [1.165, 1.54) is 0 Å². The van der Waals surface area contributed by atoms with E-state index in [0.717, 1.165) is 23.1 Å². The van der Waals surface area contributed by atoms with E-state index in [0.29, 0.717) is 5.75 Å². The van der Waals surface area contributed by atoms with Crippen LogP contribution in [0.2, 0.25) is 0 Å². The van der Waals surface area contributed by atoms with Crippen LogP contribution in [0.1, 0.15) is 6.42 Å². The summed E-state index contributed by atoms with van der Waals surface area (Å²) >= 11 is 4.07. The molecule has 1 aliphatic rings. The molecule has 8 heteroatoms. The normalized spacial score (nSPS) is 19.6. The Labute approximate surface area is 117 Å². The van der Waals surface area contributed by atoms with Crippen LogP contribution in [0.25, 0.3) is 0 Å². The molecular weight excluding hydrogens is 298 g/mol. The fourth-order valence-corrected chi connectivity index (χ4v) is 2.28. The van der Waals surface area contributed by atoms with Gasteiger partial charge in [0, 0.05) is 19.0 Å². The first kappa shape index (κ1) is 15.0. The third-order valence-corrected chi connectivity index (χ3v) is 3.42. The van der Waals surface area contributed by atoms with Gasteiger partial charge in [0.15, 0.2) is 0 Å². The smallest absolute Gasteiger partial charge is 0.406 e. The number of hydrogen-bond donors (Lipinski definition) is 1. The van der Waals surface area contributed by atoms with Gasteiger partial charge in [-0.1, -0.05) is 0 Å². The number of benzene rings is 1. The molecule has 2 rings (SSSR count). The maximum Gasteiger partial charge on any atom is 0.573 e. The largest absolute Gasteiger partial charge is 0.573 e. The molecule has 1 heterocycles. The SMILES string of the molecule is O=C1CC(CS)CN1c1cc(OC(F)(F)F)ccc1F. The molecule has 20 heavy (non-hydrogen) atoms. The van der Waals surface area contributed by atoms with E-state index in [1.807, 2.05) is 0 Å². The van der Waals surface area contributed by atoms with Crippen LogP contribution < -0.4 is 9.64 Å². The number of rotatable bonds is 3. The second-order valence-corrected chi connectivity index (χ2v) is 4.78. The van der Waals surface area contributed by atoms with E-state index in [9.17, 15) is 22.4 Å². The lowest BCUT2D eigenvalue weighted by molar-refractivity contribution is -0.274. The number of ether oxygens (including phenoxy) is 1. The van der Waals surface area contributed by atoms with Gasteiger partial charge in [-0.05, 0) is 23.8 Å². The fourth-order valence-electron chi connectivity index (χ4n) is 2.03. The number of carbonyl (C=O) groups is 1. The summed E-state index contributed by atoms with van der Waals surface area (Å²) < 4.78 is 53.8. The predicted octanol–water partition coefficient (Wildman–Crippen LogP) is 3.01. The molecule has 1 fully saturated rings. The molecule has 0 N–H and O–H groups in total. The molecule has 1 aliphatic heterocycles. The average Bonchev–Trinajstić information content (AvgIpc) is 2.71. The molecule has 0 aromatic heterocycles. The summed E-state index contributed by atoms with van der Waals surface area (Å²) in [6.45, 7) is 0.231. The van der Waals surface area contributed by atoms with E-state index in [4.69, 9.17) is 0 Å². The Kier molecular flexibility index (Phi) is 4.12. The molecule has 1 amide bonds. The maximum atomic E-state index is 13.7. The van der Waals surface area contributed by atoms with Crippen molar-refractivity contribution in [2.45, 2.75) is 12.8 Å². The van der Waals surface area contributed by atoms with Gasteiger partial charge in [-0.2, -0.15) is 12.6 Å². The second-order valence-electron chi connectivity index (χ2n) is 4.42. The Morgan fingerprint density at radius 2 is 2.10 bits per heavy atom. The average molecular weight is 309 g/mol. The van der Waals surface area contributed by atoms with Crippen molar-refractivity contribution in [2.24, 2.45) is 5.92 Å². The zero-order chi connectivity index (χ0) is 14.9. The summed E-state index contributed by atoms with van der Waals surface area (Å²) in [5.74, 6) is -1.27. The molecule has 0 spiro atoms. The third kappa shape index (κ3) is 3.36. The lowest BCUT2D eigenvalue weighted by Crippen LogP contribution is -2.26. The Morgan fingerprint density at radius 3 is 2.65 bits per heavy atom. The highest BCUT2D eigenvalue weighted by Gasteiger charge is 2.34. The molecular formula is C12H11F4NO2S. The van der Waals surface area contributed by atoms with Crippen LogP contribution in [0.4, 0.5) is 23.2 Å². The Hall–Kier alpha value is -1.44. The van der Waals surface area contributed by atoms with Gasteiger partial charge in [0.05, 0.1) is 5.69 Å². The zero-order valence-electron chi connectivity index (χ0n) is 10.2. The number of anilines is 1. The lowest BCUT2D eigenvalue weighted by atomic mass is 10.1. The van der Waals surface area contributed by atoms with Gasteiger partial charge in [-0.15, -0.1) is 13.2 Å². The molecule has 0 radical (unpaired) electrons. The molecule has 3 nitrogen and oxygen atoms in total. The van der Waals surface area contributed by atoms with E-state index in [2.05, 4.69) is 17.4 Å².